The molecule has 0 aromatic heterocycles. The molecule has 0 aliphatic carbocycles. The molecule has 1 heterocycles. The van der Waals surface area contributed by atoms with E-state index in [1.807, 2.05) is 37.3 Å². The Morgan fingerprint density at radius 1 is 1.21 bits per heavy atom. The summed E-state index contributed by atoms with van der Waals surface area (Å²) in [5.41, 5.74) is 0.979. The van der Waals surface area contributed by atoms with Gasteiger partial charge in [0.1, 0.15) is 6.10 Å². The maximum absolute atomic E-state index is 9.24. The van der Waals surface area contributed by atoms with Crippen LogP contribution in [0, 0.1) is 0 Å². The van der Waals surface area contributed by atoms with Gasteiger partial charge in [0.15, 0.2) is 5.79 Å². The molecule has 0 unspecified atom stereocenters. The van der Waals surface area contributed by atoms with E-state index in [0.717, 1.165) is 5.56 Å². The molecule has 2 rings (SSSR count). The number of hydrogen-bond acceptors (Lipinski definition) is 3. The molecule has 1 fully saturated rings. The second kappa shape index (κ2) is 3.69. The molecule has 0 spiro atoms. The van der Waals surface area contributed by atoms with Crippen LogP contribution in [0.5, 0.6) is 0 Å². The molecule has 1 saturated heterocycles. The Balaban J connectivity index is 2.17. The fraction of sp³-hybridized carbons (Fsp3) is 0.455. The molecule has 0 saturated carbocycles. The van der Waals surface area contributed by atoms with Crippen molar-refractivity contribution in [2.24, 2.45) is 0 Å². The predicted octanol–water partition coefficient (Wildman–Crippen LogP) is 1.27. The molecule has 0 amide bonds. The molecule has 0 atom stereocenters. The Morgan fingerprint density at radius 3 is 2.36 bits per heavy atom. The van der Waals surface area contributed by atoms with Gasteiger partial charge < -0.3 is 14.6 Å². The second-order valence-corrected chi connectivity index (χ2v) is 3.59. The van der Waals surface area contributed by atoms with Crippen LogP contribution in [-0.4, -0.2) is 24.4 Å². The molecule has 3 heteroatoms. The first-order valence-corrected chi connectivity index (χ1v) is 4.72. The van der Waals surface area contributed by atoms with E-state index in [0.29, 0.717) is 13.2 Å². The third-order valence-corrected chi connectivity index (χ3v) is 2.40. The van der Waals surface area contributed by atoms with Crippen molar-refractivity contribution in [1.29, 1.82) is 0 Å². The van der Waals surface area contributed by atoms with Gasteiger partial charge in [0, 0.05) is 5.56 Å². The van der Waals surface area contributed by atoms with Crippen LogP contribution in [0.25, 0.3) is 0 Å². The highest BCUT2D eigenvalue weighted by Crippen LogP contribution is 2.29. The maximum Gasteiger partial charge on any atom is 0.192 e. The summed E-state index contributed by atoms with van der Waals surface area (Å²) in [7, 11) is 0. The van der Waals surface area contributed by atoms with Crippen molar-refractivity contribution < 1.29 is 14.6 Å². The molecular weight excluding hydrogens is 180 g/mol. The van der Waals surface area contributed by atoms with Crippen LogP contribution in [0.2, 0.25) is 0 Å². The zero-order valence-corrected chi connectivity index (χ0v) is 8.14. The van der Waals surface area contributed by atoms with E-state index in [1.54, 1.807) is 0 Å². The zero-order valence-electron chi connectivity index (χ0n) is 8.14. The lowest BCUT2D eigenvalue weighted by Crippen LogP contribution is -2.42. The summed E-state index contributed by atoms with van der Waals surface area (Å²) in [6, 6.07) is 9.75. The molecule has 1 aromatic carbocycles. The number of rotatable bonds is 1. The second-order valence-electron chi connectivity index (χ2n) is 3.59. The molecule has 3 nitrogen and oxygen atoms in total. The van der Waals surface area contributed by atoms with Crippen LogP contribution in [-0.2, 0) is 15.3 Å². The predicted molar refractivity (Wildman–Crippen MR) is 51.7 cm³/mol. The van der Waals surface area contributed by atoms with Gasteiger partial charge in [0.2, 0.25) is 0 Å². The van der Waals surface area contributed by atoms with Crippen molar-refractivity contribution in [3.8, 4) is 0 Å². The summed E-state index contributed by atoms with van der Waals surface area (Å²) in [5, 5.41) is 9.24. The highest BCUT2D eigenvalue weighted by atomic mass is 16.7. The lowest BCUT2D eigenvalue weighted by molar-refractivity contribution is -0.291. The summed E-state index contributed by atoms with van der Waals surface area (Å²) in [6.07, 6.45) is -0.508. The Bertz CT molecular complexity index is 289. The van der Waals surface area contributed by atoms with Crippen molar-refractivity contribution >= 4 is 0 Å². The summed E-state index contributed by atoms with van der Waals surface area (Å²) in [4.78, 5) is 0. The van der Waals surface area contributed by atoms with Gasteiger partial charge in [0.25, 0.3) is 0 Å². The van der Waals surface area contributed by atoms with Crippen molar-refractivity contribution in [3.63, 3.8) is 0 Å². The summed E-state index contributed by atoms with van der Waals surface area (Å²) in [5.74, 6) is -0.708. The number of aliphatic hydroxyl groups is 1. The zero-order chi connectivity index (χ0) is 10.0. The van der Waals surface area contributed by atoms with Gasteiger partial charge in [-0.15, -0.1) is 0 Å². The lowest BCUT2D eigenvalue weighted by atomic mass is 10.1. The van der Waals surface area contributed by atoms with Crippen LogP contribution in [0.1, 0.15) is 12.5 Å². The molecule has 76 valence electrons. The van der Waals surface area contributed by atoms with Crippen LogP contribution in [0.3, 0.4) is 0 Å². The minimum Gasteiger partial charge on any atom is -0.388 e. The van der Waals surface area contributed by atoms with Crippen molar-refractivity contribution in [2.75, 3.05) is 13.2 Å². The first-order chi connectivity index (χ1) is 6.71. The maximum atomic E-state index is 9.24. The normalized spacial score (nSPS) is 32.9. The number of aliphatic hydroxyl groups excluding tert-OH is 1. The lowest BCUT2D eigenvalue weighted by Gasteiger charge is -2.36. The molecule has 1 aliphatic rings. The highest BCUT2D eigenvalue weighted by molar-refractivity contribution is 5.19. The van der Waals surface area contributed by atoms with E-state index in [4.69, 9.17) is 9.47 Å². The Hall–Kier alpha value is -0.900. The minimum atomic E-state index is -0.708. The van der Waals surface area contributed by atoms with Gasteiger partial charge in [-0.2, -0.15) is 0 Å². The number of benzene rings is 1. The van der Waals surface area contributed by atoms with Gasteiger partial charge in [-0.3, -0.25) is 0 Å². The Morgan fingerprint density at radius 2 is 1.79 bits per heavy atom. The van der Waals surface area contributed by atoms with E-state index in [1.165, 1.54) is 0 Å². The molecular formula is C11H14O3. The van der Waals surface area contributed by atoms with Gasteiger partial charge in [-0.05, 0) is 6.92 Å². The van der Waals surface area contributed by atoms with Crippen molar-refractivity contribution in [1.82, 2.24) is 0 Å². The minimum absolute atomic E-state index is 0.325. The summed E-state index contributed by atoms with van der Waals surface area (Å²) >= 11 is 0. The topological polar surface area (TPSA) is 38.7 Å². The van der Waals surface area contributed by atoms with Gasteiger partial charge >= 0.3 is 0 Å². The molecule has 14 heavy (non-hydrogen) atoms. The van der Waals surface area contributed by atoms with E-state index in [9.17, 15) is 5.11 Å². The van der Waals surface area contributed by atoms with Gasteiger partial charge in [0.05, 0.1) is 13.2 Å². The third kappa shape index (κ3) is 1.80. The third-order valence-electron chi connectivity index (χ3n) is 2.40. The highest BCUT2D eigenvalue weighted by Gasteiger charge is 2.33. The van der Waals surface area contributed by atoms with E-state index in [-0.39, 0.29) is 0 Å². The largest absolute Gasteiger partial charge is 0.388 e. The van der Waals surface area contributed by atoms with Gasteiger partial charge in [-0.1, -0.05) is 30.3 Å². The van der Waals surface area contributed by atoms with E-state index < -0.39 is 11.9 Å². The summed E-state index contributed by atoms with van der Waals surface area (Å²) in [6.45, 7) is 2.52. The monoisotopic (exact) mass is 194 g/mol. The average Bonchev–Trinajstić information content (AvgIpc) is 2.24. The first-order valence-electron chi connectivity index (χ1n) is 4.72. The standard InChI is InChI=1S/C11H14O3/c1-11(9-5-3-2-4-6-9)13-7-10(12)8-14-11/h2-6,10,12H,7-8H2,1H3. The SMILES string of the molecule is CC1(c2ccccc2)OCC(O)CO1. The van der Waals surface area contributed by atoms with E-state index >= 15 is 0 Å². The number of hydrogen-bond donors (Lipinski definition) is 1. The van der Waals surface area contributed by atoms with Gasteiger partial charge in [-0.25, -0.2) is 0 Å². The molecule has 0 radical (unpaired) electrons. The van der Waals surface area contributed by atoms with Crippen molar-refractivity contribution in [3.05, 3.63) is 35.9 Å². The van der Waals surface area contributed by atoms with Crippen molar-refractivity contribution in [2.45, 2.75) is 18.8 Å². The van der Waals surface area contributed by atoms with Crippen LogP contribution < -0.4 is 0 Å². The molecule has 0 bridgehead atoms. The number of ether oxygens (including phenoxy) is 2. The molecule has 1 N–H and O–H groups in total. The molecule has 1 aromatic rings. The average molecular weight is 194 g/mol. The molecule has 1 aliphatic heterocycles. The van der Waals surface area contributed by atoms with Crippen LogP contribution in [0.15, 0.2) is 30.3 Å². The summed E-state index contributed by atoms with van der Waals surface area (Å²) < 4.78 is 11.0. The Kier molecular flexibility index (Phi) is 2.54. The van der Waals surface area contributed by atoms with E-state index in [2.05, 4.69) is 0 Å². The Labute approximate surface area is 83.3 Å². The van der Waals surface area contributed by atoms with Crippen LogP contribution in [0.4, 0.5) is 0 Å². The first kappa shape index (κ1) is 9.65. The fourth-order valence-electron chi connectivity index (χ4n) is 1.51. The smallest absolute Gasteiger partial charge is 0.192 e. The van der Waals surface area contributed by atoms with Crippen LogP contribution >= 0.6 is 0 Å². The fourth-order valence-corrected chi connectivity index (χ4v) is 1.51. The quantitative estimate of drug-likeness (QED) is 0.731.